The van der Waals surface area contributed by atoms with Crippen LogP contribution in [-0.4, -0.2) is 22.2 Å². The van der Waals surface area contributed by atoms with Crippen LogP contribution in [0.25, 0.3) is 5.69 Å². The number of carboxylic acids is 1. The van der Waals surface area contributed by atoms with E-state index in [9.17, 15) is 9.59 Å². The van der Waals surface area contributed by atoms with Gasteiger partial charge in [0, 0.05) is 29.9 Å². The van der Waals surface area contributed by atoms with Crippen LogP contribution in [0, 0.1) is 6.92 Å². The Morgan fingerprint density at radius 3 is 2.73 bits per heavy atom. The molecule has 1 aromatic heterocycles. The number of para-hydroxylation sites is 2. The Balaban J connectivity index is 2.49. The number of ether oxygens (including phenoxy) is 1. The fourth-order valence-corrected chi connectivity index (χ4v) is 2.30. The Labute approximate surface area is 128 Å². The zero-order valence-corrected chi connectivity index (χ0v) is 12.7. The van der Waals surface area contributed by atoms with Gasteiger partial charge < -0.3 is 14.4 Å². The van der Waals surface area contributed by atoms with Crippen molar-refractivity contribution in [1.82, 2.24) is 4.57 Å². The van der Waals surface area contributed by atoms with Crippen molar-refractivity contribution in [2.75, 3.05) is 6.61 Å². The first-order valence-electron chi connectivity index (χ1n) is 7.19. The number of nitrogens with zero attached hydrogens (tertiary/aromatic N) is 1. The summed E-state index contributed by atoms with van der Waals surface area (Å²) in [5.74, 6) is -0.192. The first kappa shape index (κ1) is 15.8. The van der Waals surface area contributed by atoms with E-state index in [4.69, 9.17) is 9.84 Å². The van der Waals surface area contributed by atoms with Crippen molar-refractivity contribution in [3.05, 3.63) is 58.0 Å². The lowest BCUT2D eigenvalue weighted by Gasteiger charge is -2.16. The predicted molar refractivity (Wildman–Crippen MR) is 83.9 cm³/mol. The van der Waals surface area contributed by atoms with E-state index in [2.05, 4.69) is 0 Å². The van der Waals surface area contributed by atoms with E-state index in [0.717, 1.165) is 17.1 Å². The molecule has 0 saturated heterocycles. The SMILES string of the molecule is CCOc1ccccc1-n1cc(CCC(=O)O)c(=O)cc1C. The minimum Gasteiger partial charge on any atom is -0.492 e. The number of carboxylic acid groups (broad SMARTS) is 1. The van der Waals surface area contributed by atoms with E-state index in [1.165, 1.54) is 6.07 Å². The van der Waals surface area contributed by atoms with Crippen molar-refractivity contribution >= 4 is 5.97 Å². The molecule has 0 unspecified atom stereocenters. The molecule has 0 aliphatic carbocycles. The first-order valence-corrected chi connectivity index (χ1v) is 7.19. The molecule has 1 aromatic carbocycles. The molecule has 2 rings (SSSR count). The highest BCUT2D eigenvalue weighted by Crippen LogP contribution is 2.23. The summed E-state index contributed by atoms with van der Waals surface area (Å²) in [6.45, 7) is 4.29. The highest BCUT2D eigenvalue weighted by Gasteiger charge is 2.10. The number of aryl methyl sites for hydroxylation is 2. The second kappa shape index (κ2) is 6.93. The largest absolute Gasteiger partial charge is 0.492 e. The highest BCUT2D eigenvalue weighted by molar-refractivity contribution is 5.67. The molecule has 0 bridgehead atoms. The van der Waals surface area contributed by atoms with Crippen molar-refractivity contribution in [2.24, 2.45) is 0 Å². The van der Waals surface area contributed by atoms with Gasteiger partial charge in [-0.25, -0.2) is 0 Å². The molecular formula is C17H19NO4. The summed E-state index contributed by atoms with van der Waals surface area (Å²) in [4.78, 5) is 22.7. The van der Waals surface area contributed by atoms with Gasteiger partial charge >= 0.3 is 5.97 Å². The normalized spacial score (nSPS) is 10.5. The summed E-state index contributed by atoms with van der Waals surface area (Å²) >= 11 is 0. The lowest BCUT2D eigenvalue weighted by atomic mass is 10.1. The van der Waals surface area contributed by atoms with Crippen LogP contribution in [-0.2, 0) is 11.2 Å². The summed E-state index contributed by atoms with van der Waals surface area (Å²) < 4.78 is 7.49. The van der Waals surface area contributed by atoms with Gasteiger partial charge in [0.1, 0.15) is 5.75 Å². The third-order valence-corrected chi connectivity index (χ3v) is 3.35. The number of carbonyl (C=O) groups is 1. The number of aromatic nitrogens is 1. The van der Waals surface area contributed by atoms with E-state index < -0.39 is 5.97 Å². The predicted octanol–water partition coefficient (Wildman–Crippen LogP) is 2.56. The fourth-order valence-electron chi connectivity index (χ4n) is 2.30. The number of hydrogen-bond donors (Lipinski definition) is 1. The van der Waals surface area contributed by atoms with Crippen LogP contribution in [0.5, 0.6) is 5.75 Å². The lowest BCUT2D eigenvalue weighted by Crippen LogP contribution is -2.15. The van der Waals surface area contributed by atoms with Crippen LogP contribution in [0.3, 0.4) is 0 Å². The number of benzene rings is 1. The topological polar surface area (TPSA) is 68.5 Å². The quantitative estimate of drug-likeness (QED) is 0.890. The van der Waals surface area contributed by atoms with Crippen LogP contribution in [0.2, 0.25) is 0 Å². The molecule has 0 aliphatic heterocycles. The Bertz CT molecular complexity index is 734. The third-order valence-electron chi connectivity index (χ3n) is 3.35. The lowest BCUT2D eigenvalue weighted by molar-refractivity contribution is -0.136. The van der Waals surface area contributed by atoms with Gasteiger partial charge in [0.15, 0.2) is 5.43 Å². The molecular weight excluding hydrogens is 282 g/mol. The summed E-state index contributed by atoms with van der Waals surface area (Å²) in [6, 6.07) is 9.08. The minimum absolute atomic E-state index is 0.0641. The molecule has 0 fully saturated rings. The van der Waals surface area contributed by atoms with E-state index in [0.29, 0.717) is 12.2 Å². The van der Waals surface area contributed by atoms with E-state index in [1.54, 1.807) is 6.20 Å². The van der Waals surface area contributed by atoms with E-state index in [-0.39, 0.29) is 18.3 Å². The van der Waals surface area contributed by atoms with Crippen molar-refractivity contribution in [2.45, 2.75) is 26.7 Å². The standard InChI is InChI=1S/C17H19NO4/c1-3-22-16-7-5-4-6-14(16)18-11-13(8-9-17(20)21)15(19)10-12(18)2/h4-7,10-11H,3,8-9H2,1-2H3,(H,20,21). The average Bonchev–Trinajstić information content (AvgIpc) is 2.47. The van der Waals surface area contributed by atoms with Crippen LogP contribution in [0.15, 0.2) is 41.3 Å². The number of hydrogen-bond acceptors (Lipinski definition) is 3. The molecule has 1 heterocycles. The van der Waals surface area contributed by atoms with Gasteiger partial charge in [0.05, 0.1) is 12.3 Å². The molecule has 0 amide bonds. The highest BCUT2D eigenvalue weighted by atomic mass is 16.5. The summed E-state index contributed by atoms with van der Waals surface area (Å²) in [7, 11) is 0. The maximum Gasteiger partial charge on any atom is 0.303 e. The summed E-state index contributed by atoms with van der Waals surface area (Å²) in [5, 5.41) is 8.79. The zero-order chi connectivity index (χ0) is 16.1. The fraction of sp³-hybridized carbons (Fsp3) is 0.294. The molecule has 0 aliphatic rings. The van der Waals surface area contributed by atoms with Gasteiger partial charge in [-0.15, -0.1) is 0 Å². The van der Waals surface area contributed by atoms with Crippen molar-refractivity contribution in [1.29, 1.82) is 0 Å². The van der Waals surface area contributed by atoms with Gasteiger partial charge in [-0.1, -0.05) is 12.1 Å². The minimum atomic E-state index is -0.916. The first-order chi connectivity index (χ1) is 10.5. The molecule has 5 nitrogen and oxygen atoms in total. The second-order valence-corrected chi connectivity index (χ2v) is 4.97. The van der Waals surface area contributed by atoms with Crippen molar-refractivity contribution < 1.29 is 14.6 Å². The van der Waals surface area contributed by atoms with Crippen molar-refractivity contribution in [3.8, 4) is 11.4 Å². The Kier molecular flexibility index (Phi) is 4.99. The number of pyridine rings is 1. The molecule has 0 spiro atoms. The van der Waals surface area contributed by atoms with Gasteiger partial charge in [-0.2, -0.15) is 0 Å². The number of rotatable bonds is 6. The van der Waals surface area contributed by atoms with Crippen LogP contribution in [0.1, 0.15) is 24.6 Å². The second-order valence-electron chi connectivity index (χ2n) is 4.97. The molecule has 1 N–H and O–H groups in total. The third kappa shape index (κ3) is 3.55. The van der Waals surface area contributed by atoms with Gasteiger partial charge in [0.2, 0.25) is 0 Å². The Morgan fingerprint density at radius 1 is 1.32 bits per heavy atom. The Hall–Kier alpha value is -2.56. The monoisotopic (exact) mass is 301 g/mol. The van der Waals surface area contributed by atoms with E-state index in [1.807, 2.05) is 42.7 Å². The molecule has 0 saturated carbocycles. The molecule has 5 heteroatoms. The maximum atomic E-state index is 12.0. The smallest absolute Gasteiger partial charge is 0.303 e. The van der Waals surface area contributed by atoms with Gasteiger partial charge in [-0.05, 0) is 32.4 Å². The maximum absolute atomic E-state index is 12.0. The number of aliphatic carboxylic acids is 1. The molecule has 0 atom stereocenters. The molecule has 0 radical (unpaired) electrons. The van der Waals surface area contributed by atoms with Crippen LogP contribution < -0.4 is 10.2 Å². The average molecular weight is 301 g/mol. The zero-order valence-electron chi connectivity index (χ0n) is 12.7. The van der Waals surface area contributed by atoms with E-state index >= 15 is 0 Å². The van der Waals surface area contributed by atoms with Gasteiger partial charge in [-0.3, -0.25) is 9.59 Å². The molecule has 22 heavy (non-hydrogen) atoms. The Morgan fingerprint density at radius 2 is 2.05 bits per heavy atom. The van der Waals surface area contributed by atoms with Crippen LogP contribution in [0.4, 0.5) is 0 Å². The van der Waals surface area contributed by atoms with Crippen LogP contribution >= 0.6 is 0 Å². The van der Waals surface area contributed by atoms with Gasteiger partial charge in [0.25, 0.3) is 0 Å². The summed E-state index contributed by atoms with van der Waals surface area (Å²) in [6.07, 6.45) is 1.86. The summed E-state index contributed by atoms with van der Waals surface area (Å²) in [5.41, 5.74) is 1.96. The van der Waals surface area contributed by atoms with Crippen molar-refractivity contribution in [3.63, 3.8) is 0 Å². The molecule has 116 valence electrons. The molecule has 2 aromatic rings.